The van der Waals surface area contributed by atoms with Gasteiger partial charge in [0, 0.05) is 32.2 Å². The van der Waals surface area contributed by atoms with Crippen LogP contribution < -0.4 is 29.6 Å². The van der Waals surface area contributed by atoms with Crippen LogP contribution in [0.5, 0.6) is 28.9 Å². The third-order valence-electron chi connectivity index (χ3n) is 7.45. The van der Waals surface area contributed by atoms with E-state index in [1.54, 1.807) is 6.07 Å². The fraction of sp³-hybridized carbons (Fsp3) is 0.344. The fourth-order valence-electron chi connectivity index (χ4n) is 5.15. The van der Waals surface area contributed by atoms with E-state index < -0.39 is 29.3 Å². The Labute approximate surface area is 266 Å². The summed E-state index contributed by atoms with van der Waals surface area (Å²) in [5.74, 6) is 0.323. The normalized spacial score (nSPS) is 14.9. The summed E-state index contributed by atoms with van der Waals surface area (Å²) in [6, 6.07) is 9.23. The molecule has 47 heavy (non-hydrogen) atoms. The molecule has 1 aromatic heterocycles. The highest BCUT2D eigenvalue weighted by Gasteiger charge is 2.35. The molecule has 0 atom stereocenters. The molecule has 0 aliphatic carbocycles. The molecule has 2 N–H and O–H groups in total. The maximum absolute atomic E-state index is 14.1. The summed E-state index contributed by atoms with van der Waals surface area (Å²) < 4.78 is 84.6. The van der Waals surface area contributed by atoms with Crippen LogP contribution in [-0.4, -0.2) is 73.6 Å². The summed E-state index contributed by atoms with van der Waals surface area (Å²) in [6.07, 6.45) is -2.84. The van der Waals surface area contributed by atoms with Crippen LogP contribution in [0.2, 0.25) is 0 Å². The van der Waals surface area contributed by atoms with Crippen LogP contribution in [0.1, 0.15) is 17.5 Å². The summed E-state index contributed by atoms with van der Waals surface area (Å²) in [4.78, 5) is 23.2. The molecular formula is C32H31F4N5O6. The number of urea groups is 1. The molecule has 2 aliphatic heterocycles. The van der Waals surface area contributed by atoms with Gasteiger partial charge < -0.3 is 34.3 Å². The molecule has 4 aromatic rings. The van der Waals surface area contributed by atoms with Gasteiger partial charge in [0.15, 0.2) is 11.5 Å². The quantitative estimate of drug-likeness (QED) is 0.162. The van der Waals surface area contributed by atoms with Crippen molar-refractivity contribution in [2.45, 2.75) is 19.1 Å². The summed E-state index contributed by atoms with van der Waals surface area (Å²) in [5.41, 5.74) is -0.676. The van der Waals surface area contributed by atoms with Gasteiger partial charge in [-0.2, -0.15) is 13.2 Å². The lowest BCUT2D eigenvalue weighted by Crippen LogP contribution is -2.37. The minimum absolute atomic E-state index is 0.0211. The SMILES string of the molecule is O=C(NCc1ccc(F)cc1)Nc1ccc(Oc2ncnc3cc(OCCCN4CCOCC4)c4c(c23)OCCO4)cc1C(F)(F)F. The number of halogens is 4. The number of fused-ring (bicyclic) bond motifs is 3. The molecule has 2 amide bonds. The minimum atomic E-state index is -4.84. The lowest BCUT2D eigenvalue weighted by Gasteiger charge is -2.26. The van der Waals surface area contributed by atoms with Crippen molar-refractivity contribution in [2.75, 3.05) is 58.0 Å². The third kappa shape index (κ3) is 7.92. The van der Waals surface area contributed by atoms with Gasteiger partial charge in [0.25, 0.3) is 0 Å². The Balaban J connectivity index is 1.20. The number of rotatable bonds is 10. The predicted molar refractivity (Wildman–Crippen MR) is 162 cm³/mol. The standard InChI is InChI=1S/C32H31F4N5O6/c33-21-4-2-20(3-5-21)18-37-31(42)40-24-7-6-22(16-23(24)32(34,35)36)47-30-27-25(38-19-39-30)17-26(28-29(27)46-15-14-45-28)44-11-1-8-41-9-12-43-13-10-41/h2-7,16-17,19H,1,8-15,18H2,(H2,37,40,42). The molecule has 0 bridgehead atoms. The summed E-state index contributed by atoms with van der Waals surface area (Å²) in [7, 11) is 0. The highest BCUT2D eigenvalue weighted by Crippen LogP contribution is 2.48. The number of alkyl halides is 3. The Morgan fingerprint density at radius 2 is 1.72 bits per heavy atom. The van der Waals surface area contributed by atoms with E-state index in [1.807, 2.05) is 0 Å². The lowest BCUT2D eigenvalue weighted by atomic mass is 10.1. The first-order chi connectivity index (χ1) is 22.7. The number of nitrogens with zero attached hydrogens (tertiary/aromatic N) is 3. The Hall–Kier alpha value is -4.89. The van der Waals surface area contributed by atoms with Crippen LogP contribution in [0.25, 0.3) is 10.9 Å². The molecule has 248 valence electrons. The second kappa shape index (κ2) is 14.3. The van der Waals surface area contributed by atoms with Crippen molar-refractivity contribution in [2.24, 2.45) is 0 Å². The van der Waals surface area contributed by atoms with Crippen molar-refractivity contribution in [1.29, 1.82) is 0 Å². The second-order valence-electron chi connectivity index (χ2n) is 10.7. The highest BCUT2D eigenvalue weighted by atomic mass is 19.4. The number of anilines is 1. The number of carbonyl (C=O) groups excluding carboxylic acids is 1. The van der Waals surface area contributed by atoms with Gasteiger partial charge in [0.2, 0.25) is 11.6 Å². The van der Waals surface area contributed by atoms with Gasteiger partial charge in [0.05, 0.1) is 36.6 Å². The van der Waals surface area contributed by atoms with E-state index >= 15 is 0 Å². The van der Waals surface area contributed by atoms with Gasteiger partial charge >= 0.3 is 12.2 Å². The maximum Gasteiger partial charge on any atom is 0.418 e. The van der Waals surface area contributed by atoms with E-state index in [9.17, 15) is 22.4 Å². The maximum atomic E-state index is 14.1. The van der Waals surface area contributed by atoms with Crippen molar-refractivity contribution in [1.82, 2.24) is 20.2 Å². The van der Waals surface area contributed by atoms with E-state index in [4.69, 9.17) is 23.7 Å². The van der Waals surface area contributed by atoms with E-state index in [-0.39, 0.29) is 37.1 Å². The Morgan fingerprint density at radius 1 is 0.957 bits per heavy atom. The fourth-order valence-corrected chi connectivity index (χ4v) is 5.15. The number of nitrogens with one attached hydrogen (secondary N) is 2. The Bertz CT molecular complexity index is 1720. The largest absolute Gasteiger partial charge is 0.489 e. The highest BCUT2D eigenvalue weighted by molar-refractivity contribution is 5.94. The van der Waals surface area contributed by atoms with E-state index in [0.29, 0.717) is 47.8 Å². The number of hydrogen-bond acceptors (Lipinski definition) is 9. The molecule has 0 radical (unpaired) electrons. The average molecular weight is 658 g/mol. The van der Waals surface area contributed by atoms with Crippen molar-refractivity contribution in [3.05, 3.63) is 71.8 Å². The topological polar surface area (TPSA) is 116 Å². The van der Waals surface area contributed by atoms with Crippen LogP contribution in [-0.2, 0) is 17.5 Å². The van der Waals surface area contributed by atoms with Gasteiger partial charge in [-0.25, -0.2) is 19.2 Å². The first-order valence-corrected chi connectivity index (χ1v) is 14.9. The first-order valence-electron chi connectivity index (χ1n) is 14.9. The number of morpholine rings is 1. The molecular weight excluding hydrogens is 626 g/mol. The van der Waals surface area contributed by atoms with Crippen LogP contribution >= 0.6 is 0 Å². The van der Waals surface area contributed by atoms with E-state index in [0.717, 1.165) is 38.2 Å². The molecule has 3 heterocycles. The number of aromatic nitrogens is 2. The smallest absolute Gasteiger partial charge is 0.418 e. The molecule has 11 nitrogen and oxygen atoms in total. The monoisotopic (exact) mass is 657 g/mol. The van der Waals surface area contributed by atoms with Crippen LogP contribution in [0.4, 0.5) is 28.0 Å². The molecule has 0 saturated carbocycles. The molecule has 1 saturated heterocycles. The number of amides is 2. The van der Waals surface area contributed by atoms with Gasteiger partial charge in [-0.05, 0) is 42.3 Å². The van der Waals surface area contributed by atoms with Gasteiger partial charge in [-0.1, -0.05) is 12.1 Å². The molecule has 15 heteroatoms. The van der Waals surface area contributed by atoms with Crippen molar-refractivity contribution in [3.63, 3.8) is 0 Å². The minimum Gasteiger partial charge on any atom is -0.489 e. The molecule has 6 rings (SSSR count). The molecule has 0 unspecified atom stereocenters. The lowest BCUT2D eigenvalue weighted by molar-refractivity contribution is -0.137. The second-order valence-corrected chi connectivity index (χ2v) is 10.7. The zero-order chi connectivity index (χ0) is 32.8. The van der Waals surface area contributed by atoms with Crippen LogP contribution in [0.15, 0.2) is 54.9 Å². The van der Waals surface area contributed by atoms with Gasteiger partial charge in [-0.3, -0.25) is 4.90 Å². The zero-order valence-electron chi connectivity index (χ0n) is 25.1. The van der Waals surface area contributed by atoms with Gasteiger partial charge in [-0.15, -0.1) is 0 Å². The predicted octanol–water partition coefficient (Wildman–Crippen LogP) is 5.77. The number of carbonyl (C=O) groups is 1. The van der Waals surface area contributed by atoms with E-state index in [1.165, 1.54) is 36.7 Å². The molecule has 0 spiro atoms. The third-order valence-corrected chi connectivity index (χ3v) is 7.45. The van der Waals surface area contributed by atoms with Crippen LogP contribution in [0.3, 0.4) is 0 Å². The number of benzene rings is 3. The van der Waals surface area contributed by atoms with Gasteiger partial charge in [0.1, 0.15) is 36.5 Å². The molecule has 1 fully saturated rings. The Kier molecular flexibility index (Phi) is 9.73. The summed E-state index contributed by atoms with van der Waals surface area (Å²) >= 11 is 0. The molecule has 3 aromatic carbocycles. The Morgan fingerprint density at radius 3 is 2.49 bits per heavy atom. The number of hydrogen-bond donors (Lipinski definition) is 2. The number of ether oxygens (including phenoxy) is 5. The van der Waals surface area contributed by atoms with Crippen LogP contribution in [0, 0.1) is 5.82 Å². The summed E-state index contributed by atoms with van der Waals surface area (Å²) in [6.45, 7) is 4.91. The first kappa shape index (κ1) is 32.1. The zero-order valence-corrected chi connectivity index (χ0v) is 25.1. The van der Waals surface area contributed by atoms with Crippen molar-refractivity contribution < 1.29 is 46.0 Å². The van der Waals surface area contributed by atoms with Crippen molar-refractivity contribution in [3.8, 4) is 28.9 Å². The summed E-state index contributed by atoms with van der Waals surface area (Å²) in [5, 5.41) is 4.98. The molecule has 2 aliphatic rings. The van der Waals surface area contributed by atoms with Crippen molar-refractivity contribution >= 4 is 22.6 Å². The van der Waals surface area contributed by atoms with E-state index in [2.05, 4.69) is 25.5 Å². The average Bonchev–Trinajstić information content (AvgIpc) is 3.07.